The van der Waals surface area contributed by atoms with E-state index in [-0.39, 0.29) is 23.4 Å². The topological polar surface area (TPSA) is 67.2 Å². The van der Waals surface area contributed by atoms with Crippen LogP contribution in [0.4, 0.5) is 5.69 Å². The normalized spacial score (nSPS) is 15.5. The van der Waals surface area contributed by atoms with Crippen LogP contribution in [0.3, 0.4) is 0 Å². The van der Waals surface area contributed by atoms with Crippen LogP contribution in [0.15, 0.2) is 77.7 Å². The molecule has 3 aromatic rings. The van der Waals surface area contributed by atoms with E-state index < -0.39 is 0 Å². The number of hydrogen-bond donors (Lipinski definition) is 1. The van der Waals surface area contributed by atoms with Gasteiger partial charge in [-0.15, -0.1) is 0 Å². The van der Waals surface area contributed by atoms with Gasteiger partial charge in [0.1, 0.15) is 0 Å². The third kappa shape index (κ3) is 5.20. The van der Waals surface area contributed by atoms with Crippen molar-refractivity contribution in [2.45, 2.75) is 32.4 Å². The van der Waals surface area contributed by atoms with Gasteiger partial charge in [0.15, 0.2) is 0 Å². The molecular formula is C25H28N4O2. The molecule has 1 atom stereocenters. The fraction of sp³-hybridized carbons (Fsp3) is 0.320. The minimum atomic E-state index is -0.113. The van der Waals surface area contributed by atoms with Crippen molar-refractivity contribution in [1.82, 2.24) is 15.1 Å². The van der Waals surface area contributed by atoms with Crippen LogP contribution in [-0.4, -0.2) is 28.8 Å². The van der Waals surface area contributed by atoms with Crippen molar-refractivity contribution in [1.29, 1.82) is 0 Å². The van der Waals surface area contributed by atoms with E-state index in [4.69, 9.17) is 0 Å². The molecule has 0 radical (unpaired) electrons. The number of amides is 1. The molecule has 31 heavy (non-hydrogen) atoms. The third-order valence-electron chi connectivity index (χ3n) is 5.92. The van der Waals surface area contributed by atoms with Crippen LogP contribution in [0.1, 0.15) is 36.9 Å². The highest BCUT2D eigenvalue weighted by Gasteiger charge is 2.26. The highest BCUT2D eigenvalue weighted by Crippen LogP contribution is 2.23. The maximum Gasteiger partial charge on any atom is 0.269 e. The van der Waals surface area contributed by atoms with Crippen molar-refractivity contribution in [3.63, 3.8) is 0 Å². The summed E-state index contributed by atoms with van der Waals surface area (Å²) in [6.45, 7) is 3.95. The molecule has 1 N–H and O–H groups in total. The van der Waals surface area contributed by atoms with Gasteiger partial charge < -0.3 is 10.2 Å². The van der Waals surface area contributed by atoms with Crippen molar-refractivity contribution in [3.8, 4) is 0 Å². The number of nitrogens with zero attached hydrogens (tertiary/aromatic N) is 3. The number of piperidine rings is 1. The lowest BCUT2D eigenvalue weighted by molar-refractivity contribution is -0.126. The van der Waals surface area contributed by atoms with E-state index in [1.54, 1.807) is 12.3 Å². The highest BCUT2D eigenvalue weighted by atomic mass is 16.2. The van der Waals surface area contributed by atoms with E-state index in [1.165, 1.54) is 4.68 Å². The maximum absolute atomic E-state index is 12.7. The summed E-state index contributed by atoms with van der Waals surface area (Å²) in [7, 11) is 0. The Hall–Kier alpha value is -3.41. The molecular weight excluding hydrogens is 388 g/mol. The van der Waals surface area contributed by atoms with Crippen molar-refractivity contribution in [2.75, 3.05) is 18.0 Å². The van der Waals surface area contributed by atoms with Crippen LogP contribution in [0.2, 0.25) is 0 Å². The number of carbonyl (C=O) groups excluding carboxylic acids is 1. The molecule has 1 aliphatic rings. The first-order valence-corrected chi connectivity index (χ1v) is 10.8. The van der Waals surface area contributed by atoms with Gasteiger partial charge in [-0.25, -0.2) is 4.68 Å². The standard InChI is InChI=1S/C25H28N4O2/c1-19(21-10-6-3-7-11-21)27-25(31)22-12-14-28(15-13-22)23-16-24(30)29(26-17-23)18-20-8-4-2-5-9-20/h2-11,16-17,19,22H,12-15,18H2,1H3,(H,27,31)/t19-/m0/s1. The minimum absolute atomic E-state index is 0.00572. The van der Waals surface area contributed by atoms with Gasteiger partial charge in [-0.3, -0.25) is 9.59 Å². The Bertz CT molecular complexity index is 1060. The number of anilines is 1. The monoisotopic (exact) mass is 416 g/mol. The lowest BCUT2D eigenvalue weighted by Gasteiger charge is -2.33. The van der Waals surface area contributed by atoms with Gasteiger partial charge in [-0.2, -0.15) is 5.10 Å². The summed E-state index contributed by atoms with van der Waals surface area (Å²) in [5, 5.41) is 7.50. The molecule has 0 unspecified atom stereocenters. The second-order valence-corrected chi connectivity index (χ2v) is 8.10. The van der Waals surface area contributed by atoms with E-state index >= 15 is 0 Å². The van der Waals surface area contributed by atoms with E-state index in [0.29, 0.717) is 6.54 Å². The first-order valence-electron chi connectivity index (χ1n) is 10.8. The van der Waals surface area contributed by atoms with Gasteiger partial charge in [0, 0.05) is 25.1 Å². The molecule has 160 valence electrons. The summed E-state index contributed by atoms with van der Waals surface area (Å²) >= 11 is 0. The second kappa shape index (κ2) is 9.60. The molecule has 0 spiro atoms. The fourth-order valence-corrected chi connectivity index (χ4v) is 4.03. The molecule has 1 aliphatic heterocycles. The Morgan fingerprint density at radius 3 is 2.35 bits per heavy atom. The smallest absolute Gasteiger partial charge is 0.269 e. The molecule has 1 amide bonds. The zero-order valence-corrected chi connectivity index (χ0v) is 17.8. The van der Waals surface area contributed by atoms with Crippen LogP contribution in [0.25, 0.3) is 0 Å². The van der Waals surface area contributed by atoms with Crippen molar-refractivity contribution in [3.05, 3.63) is 94.4 Å². The molecule has 1 saturated heterocycles. The molecule has 0 bridgehead atoms. The van der Waals surface area contributed by atoms with Crippen molar-refractivity contribution >= 4 is 11.6 Å². The summed E-state index contributed by atoms with van der Waals surface area (Å²) in [5.41, 5.74) is 2.86. The lowest BCUT2D eigenvalue weighted by Crippen LogP contribution is -2.41. The van der Waals surface area contributed by atoms with E-state index in [2.05, 4.69) is 15.3 Å². The molecule has 4 rings (SSSR count). The Kier molecular flexibility index (Phi) is 6.46. The lowest BCUT2D eigenvalue weighted by atomic mass is 9.95. The van der Waals surface area contributed by atoms with Gasteiger partial charge in [-0.1, -0.05) is 60.7 Å². The largest absolute Gasteiger partial charge is 0.370 e. The summed E-state index contributed by atoms with van der Waals surface area (Å²) in [6, 6.07) is 21.5. The number of benzene rings is 2. The second-order valence-electron chi connectivity index (χ2n) is 8.10. The first kappa shape index (κ1) is 20.8. The van der Waals surface area contributed by atoms with Gasteiger partial charge in [0.05, 0.1) is 24.5 Å². The molecule has 6 nitrogen and oxygen atoms in total. The van der Waals surface area contributed by atoms with Crippen LogP contribution >= 0.6 is 0 Å². The maximum atomic E-state index is 12.7. The minimum Gasteiger partial charge on any atom is -0.370 e. The molecule has 2 heterocycles. The van der Waals surface area contributed by atoms with Gasteiger partial charge in [0.2, 0.25) is 5.91 Å². The van der Waals surface area contributed by atoms with E-state index in [1.807, 2.05) is 67.6 Å². The number of carbonyl (C=O) groups is 1. The van der Waals surface area contributed by atoms with Crippen LogP contribution in [0.5, 0.6) is 0 Å². The number of rotatable bonds is 6. The summed E-state index contributed by atoms with van der Waals surface area (Å²) < 4.78 is 1.48. The quantitative estimate of drug-likeness (QED) is 0.669. The SMILES string of the molecule is C[C@H](NC(=O)C1CCN(c2cnn(Cc3ccccc3)c(=O)c2)CC1)c1ccccc1. The van der Waals surface area contributed by atoms with Gasteiger partial charge in [-0.05, 0) is 30.9 Å². The van der Waals surface area contributed by atoms with Crippen molar-refractivity contribution < 1.29 is 4.79 Å². The average Bonchev–Trinajstić information content (AvgIpc) is 2.81. The molecule has 0 aliphatic carbocycles. The Morgan fingerprint density at radius 1 is 1.06 bits per heavy atom. The van der Waals surface area contributed by atoms with E-state index in [9.17, 15) is 9.59 Å². The number of hydrogen-bond acceptors (Lipinski definition) is 4. The molecule has 1 fully saturated rings. The predicted octanol–water partition coefficient (Wildman–Crippen LogP) is 3.39. The Morgan fingerprint density at radius 2 is 1.71 bits per heavy atom. The number of aromatic nitrogens is 2. The van der Waals surface area contributed by atoms with Crippen molar-refractivity contribution in [2.24, 2.45) is 5.92 Å². The summed E-state index contributed by atoms with van der Waals surface area (Å²) in [5.74, 6) is 0.0984. The molecule has 2 aromatic carbocycles. The zero-order chi connectivity index (χ0) is 21.6. The Labute approximate surface area is 182 Å². The third-order valence-corrected chi connectivity index (χ3v) is 5.92. The summed E-state index contributed by atoms with van der Waals surface area (Å²) in [6.07, 6.45) is 3.28. The van der Waals surface area contributed by atoms with Gasteiger partial charge in [0.25, 0.3) is 5.56 Å². The zero-order valence-electron chi connectivity index (χ0n) is 17.8. The first-order chi connectivity index (χ1) is 15.1. The molecule has 0 saturated carbocycles. The molecule has 1 aromatic heterocycles. The average molecular weight is 417 g/mol. The van der Waals surface area contributed by atoms with Gasteiger partial charge >= 0.3 is 0 Å². The fourth-order valence-electron chi connectivity index (χ4n) is 4.03. The van der Waals surface area contributed by atoms with Crippen LogP contribution < -0.4 is 15.8 Å². The highest BCUT2D eigenvalue weighted by molar-refractivity contribution is 5.79. The predicted molar refractivity (Wildman–Crippen MR) is 122 cm³/mol. The van der Waals surface area contributed by atoms with Crippen LogP contribution in [-0.2, 0) is 11.3 Å². The number of nitrogens with one attached hydrogen (secondary N) is 1. The van der Waals surface area contributed by atoms with Crippen LogP contribution in [0, 0.1) is 5.92 Å². The Balaban J connectivity index is 1.32. The van der Waals surface area contributed by atoms with E-state index in [0.717, 1.165) is 42.7 Å². The molecule has 6 heteroatoms. The summed E-state index contributed by atoms with van der Waals surface area (Å²) in [4.78, 5) is 27.4.